The van der Waals surface area contributed by atoms with Crippen LogP contribution in [0.25, 0.3) is 0 Å². The van der Waals surface area contributed by atoms with Crippen LogP contribution in [0, 0.1) is 11.3 Å². The number of nitrogens with zero attached hydrogens (tertiary/aromatic N) is 1. The van der Waals surface area contributed by atoms with Crippen molar-refractivity contribution in [3.8, 4) is 11.8 Å². The van der Waals surface area contributed by atoms with Gasteiger partial charge >= 0.3 is 0 Å². The van der Waals surface area contributed by atoms with Crippen molar-refractivity contribution in [3.05, 3.63) is 65.2 Å². The number of benzene rings is 2. The fourth-order valence-electron chi connectivity index (χ4n) is 2.12. The minimum Gasteiger partial charge on any atom is -0.481 e. The summed E-state index contributed by atoms with van der Waals surface area (Å²) in [6.45, 7) is 2.00. The molecule has 0 aliphatic rings. The van der Waals surface area contributed by atoms with Gasteiger partial charge in [-0.05, 0) is 48.9 Å². The fraction of sp³-hybridized carbons (Fsp3) is 0.211. The van der Waals surface area contributed by atoms with E-state index in [1.165, 1.54) is 0 Å². The molecule has 0 saturated heterocycles. The molecule has 2 rings (SSSR count). The molecule has 2 aromatic rings. The Morgan fingerprint density at radius 1 is 1.12 bits per heavy atom. The summed E-state index contributed by atoms with van der Waals surface area (Å²) in [5, 5.41) is 14.1. The third-order valence-electron chi connectivity index (χ3n) is 3.58. The Balaban J connectivity index is 1.86. The number of hydrogen-bond donors (Lipinski definition) is 2. The quantitative estimate of drug-likeness (QED) is 0.843. The molecule has 25 heavy (non-hydrogen) atoms. The summed E-state index contributed by atoms with van der Waals surface area (Å²) in [6.07, 6.45) is -0.668. The Labute approximate surface area is 146 Å². The maximum atomic E-state index is 12.1. The van der Waals surface area contributed by atoms with Gasteiger partial charge in [-0.3, -0.25) is 9.59 Å². The van der Waals surface area contributed by atoms with E-state index >= 15 is 0 Å². The van der Waals surface area contributed by atoms with Gasteiger partial charge in [0.15, 0.2) is 6.10 Å². The van der Waals surface area contributed by atoms with E-state index in [2.05, 4.69) is 10.6 Å². The van der Waals surface area contributed by atoms with Gasteiger partial charge in [-0.15, -0.1) is 0 Å². The summed E-state index contributed by atoms with van der Waals surface area (Å²) in [4.78, 5) is 23.6. The molecule has 0 fully saturated rings. The minimum absolute atomic E-state index is 0.153. The average Bonchev–Trinajstić information content (AvgIpc) is 2.66. The van der Waals surface area contributed by atoms with Crippen LogP contribution >= 0.6 is 0 Å². The Morgan fingerprint density at radius 2 is 1.76 bits per heavy atom. The molecular weight excluding hydrogens is 318 g/mol. The smallest absolute Gasteiger partial charge is 0.261 e. The van der Waals surface area contributed by atoms with Crippen molar-refractivity contribution in [2.75, 3.05) is 7.05 Å². The normalized spacial score (nSPS) is 11.1. The maximum absolute atomic E-state index is 12.1. The molecule has 0 aromatic heterocycles. The van der Waals surface area contributed by atoms with Gasteiger partial charge < -0.3 is 15.4 Å². The van der Waals surface area contributed by atoms with Gasteiger partial charge in [0, 0.05) is 19.2 Å². The van der Waals surface area contributed by atoms with Crippen LogP contribution in [0.15, 0.2) is 48.5 Å². The van der Waals surface area contributed by atoms with Crippen LogP contribution in [-0.2, 0) is 11.3 Å². The molecule has 0 heterocycles. The molecule has 0 bridgehead atoms. The van der Waals surface area contributed by atoms with E-state index in [9.17, 15) is 9.59 Å². The minimum atomic E-state index is -0.668. The molecule has 6 heteroatoms. The molecule has 128 valence electrons. The first kappa shape index (κ1) is 18.0. The largest absolute Gasteiger partial charge is 0.481 e. The van der Waals surface area contributed by atoms with E-state index in [4.69, 9.17) is 10.00 Å². The predicted octanol–water partition coefficient (Wildman–Crippen LogP) is 2.00. The number of carbonyl (C=O) groups is 2. The van der Waals surface area contributed by atoms with E-state index in [1.54, 1.807) is 62.5 Å². The zero-order valence-electron chi connectivity index (χ0n) is 14.1. The van der Waals surface area contributed by atoms with Crippen LogP contribution in [-0.4, -0.2) is 25.0 Å². The number of nitriles is 1. The molecule has 2 amide bonds. The van der Waals surface area contributed by atoms with Crippen molar-refractivity contribution in [3.63, 3.8) is 0 Å². The van der Waals surface area contributed by atoms with Crippen LogP contribution in [0.2, 0.25) is 0 Å². The number of rotatable bonds is 6. The summed E-state index contributed by atoms with van der Waals surface area (Å²) in [5.74, 6) is 0.122. The summed E-state index contributed by atoms with van der Waals surface area (Å²) in [7, 11) is 1.58. The Bertz CT molecular complexity index is 777. The standard InChI is InChI=1S/C19H19N3O3/c1-13(25-17-9-5-14(11-20)6-10-17)18(23)22-12-15-3-7-16(8-4-15)19(24)21-2/h3-10,13H,12H2,1-2H3,(H,21,24)(H,22,23). The van der Waals surface area contributed by atoms with Gasteiger partial charge in [0.25, 0.3) is 11.8 Å². The third-order valence-corrected chi connectivity index (χ3v) is 3.58. The van der Waals surface area contributed by atoms with Gasteiger partial charge in [-0.2, -0.15) is 5.26 Å². The number of hydrogen-bond acceptors (Lipinski definition) is 4. The molecule has 0 aliphatic carbocycles. The van der Waals surface area contributed by atoms with E-state index < -0.39 is 6.10 Å². The van der Waals surface area contributed by atoms with Crippen LogP contribution in [0.1, 0.15) is 28.4 Å². The van der Waals surface area contributed by atoms with Crippen molar-refractivity contribution in [2.45, 2.75) is 19.6 Å². The topological polar surface area (TPSA) is 91.2 Å². The monoisotopic (exact) mass is 337 g/mol. The maximum Gasteiger partial charge on any atom is 0.261 e. The highest BCUT2D eigenvalue weighted by Gasteiger charge is 2.14. The molecule has 1 atom stereocenters. The first-order valence-electron chi connectivity index (χ1n) is 7.79. The molecule has 0 saturated carbocycles. The Morgan fingerprint density at radius 3 is 2.32 bits per heavy atom. The molecule has 1 unspecified atom stereocenters. The molecule has 2 N–H and O–H groups in total. The van der Waals surface area contributed by atoms with Gasteiger partial charge in [-0.25, -0.2) is 0 Å². The van der Waals surface area contributed by atoms with E-state index in [0.29, 0.717) is 23.4 Å². The van der Waals surface area contributed by atoms with E-state index in [-0.39, 0.29) is 11.8 Å². The fourth-order valence-corrected chi connectivity index (χ4v) is 2.12. The lowest BCUT2D eigenvalue weighted by molar-refractivity contribution is -0.127. The van der Waals surface area contributed by atoms with Crippen LogP contribution < -0.4 is 15.4 Å². The first-order chi connectivity index (χ1) is 12.0. The first-order valence-corrected chi connectivity index (χ1v) is 7.79. The van der Waals surface area contributed by atoms with Gasteiger partial charge in [0.2, 0.25) is 0 Å². The van der Waals surface area contributed by atoms with E-state index in [1.807, 2.05) is 6.07 Å². The van der Waals surface area contributed by atoms with Crippen molar-refractivity contribution in [2.24, 2.45) is 0 Å². The number of ether oxygens (including phenoxy) is 1. The highest BCUT2D eigenvalue weighted by atomic mass is 16.5. The molecule has 0 spiro atoms. The van der Waals surface area contributed by atoms with Gasteiger partial charge in [-0.1, -0.05) is 12.1 Å². The number of carbonyl (C=O) groups excluding carboxylic acids is 2. The van der Waals surface area contributed by atoms with Crippen LogP contribution in [0.4, 0.5) is 0 Å². The van der Waals surface area contributed by atoms with Crippen molar-refractivity contribution < 1.29 is 14.3 Å². The Hall–Kier alpha value is -3.33. The molecule has 6 nitrogen and oxygen atoms in total. The number of amides is 2. The second-order valence-electron chi connectivity index (χ2n) is 5.39. The molecule has 2 aromatic carbocycles. The lowest BCUT2D eigenvalue weighted by Gasteiger charge is -2.15. The SMILES string of the molecule is CNC(=O)c1ccc(CNC(=O)C(C)Oc2ccc(C#N)cc2)cc1. The van der Waals surface area contributed by atoms with Crippen LogP contribution in [0.5, 0.6) is 5.75 Å². The summed E-state index contributed by atoms with van der Waals surface area (Å²) >= 11 is 0. The second kappa shape index (κ2) is 8.50. The zero-order chi connectivity index (χ0) is 18.2. The summed E-state index contributed by atoms with van der Waals surface area (Å²) in [5.41, 5.74) is 1.98. The van der Waals surface area contributed by atoms with Crippen molar-refractivity contribution in [1.82, 2.24) is 10.6 Å². The van der Waals surface area contributed by atoms with E-state index in [0.717, 1.165) is 5.56 Å². The van der Waals surface area contributed by atoms with Crippen molar-refractivity contribution >= 4 is 11.8 Å². The Kier molecular flexibility index (Phi) is 6.13. The van der Waals surface area contributed by atoms with Gasteiger partial charge in [0.05, 0.1) is 11.6 Å². The highest BCUT2D eigenvalue weighted by molar-refractivity contribution is 5.93. The highest BCUT2D eigenvalue weighted by Crippen LogP contribution is 2.13. The summed E-state index contributed by atoms with van der Waals surface area (Å²) in [6, 6.07) is 15.6. The van der Waals surface area contributed by atoms with Gasteiger partial charge in [0.1, 0.15) is 5.75 Å². The van der Waals surface area contributed by atoms with Crippen LogP contribution in [0.3, 0.4) is 0 Å². The second-order valence-corrected chi connectivity index (χ2v) is 5.39. The lowest BCUT2D eigenvalue weighted by atomic mass is 10.1. The van der Waals surface area contributed by atoms with Crippen molar-refractivity contribution in [1.29, 1.82) is 5.26 Å². The predicted molar refractivity (Wildman–Crippen MR) is 92.9 cm³/mol. The average molecular weight is 337 g/mol. The molecular formula is C19H19N3O3. The molecule has 0 radical (unpaired) electrons. The summed E-state index contributed by atoms with van der Waals surface area (Å²) < 4.78 is 5.55. The third kappa shape index (κ3) is 5.08. The lowest BCUT2D eigenvalue weighted by Crippen LogP contribution is -2.35. The zero-order valence-corrected chi connectivity index (χ0v) is 14.1. The number of nitrogens with one attached hydrogen (secondary N) is 2. The molecule has 0 aliphatic heterocycles.